The van der Waals surface area contributed by atoms with Gasteiger partial charge in [0, 0.05) is 6.42 Å². The van der Waals surface area contributed by atoms with Crippen molar-refractivity contribution in [3.8, 4) is 6.07 Å². The van der Waals surface area contributed by atoms with Gasteiger partial charge in [-0.3, -0.25) is 0 Å². The molecule has 0 amide bonds. The highest BCUT2D eigenvalue weighted by atomic mass is 16.5. The van der Waals surface area contributed by atoms with E-state index in [0.717, 1.165) is 19.3 Å². The Hall–Kier alpha value is -0.565. The zero-order valence-electron chi connectivity index (χ0n) is 7.56. The van der Waals surface area contributed by atoms with E-state index in [0.29, 0.717) is 5.92 Å². The molecule has 0 fully saturated rings. The van der Waals surface area contributed by atoms with Crippen LogP contribution in [0.15, 0.2) is 0 Å². The zero-order chi connectivity index (χ0) is 9.98. The van der Waals surface area contributed by atoms with E-state index in [1.54, 1.807) is 0 Å². The van der Waals surface area contributed by atoms with Gasteiger partial charge in [0.1, 0.15) is 0 Å². The van der Waals surface area contributed by atoms with Crippen LogP contribution in [0.5, 0.6) is 0 Å². The Kier molecular flexibility index (Phi) is 12.2. The first-order valence-electron chi connectivity index (χ1n) is 3.99. The zero-order valence-corrected chi connectivity index (χ0v) is 7.56. The van der Waals surface area contributed by atoms with Crippen LogP contribution in [0.2, 0.25) is 0 Å². The molecule has 0 saturated heterocycles. The fourth-order valence-corrected chi connectivity index (χ4v) is 0.706. The lowest BCUT2D eigenvalue weighted by molar-refractivity contribution is 0.278. The van der Waals surface area contributed by atoms with Crippen molar-refractivity contribution in [1.82, 2.24) is 0 Å². The van der Waals surface area contributed by atoms with Gasteiger partial charge in [-0.1, -0.05) is 26.7 Å². The molecular weight excluding hydrogens is 157 g/mol. The summed E-state index contributed by atoms with van der Waals surface area (Å²) in [6.45, 7) is 4.26. The molecule has 0 atom stereocenters. The molecule has 0 saturated carbocycles. The number of rotatable bonds is 3. The third-order valence-electron chi connectivity index (χ3n) is 1.53. The Morgan fingerprint density at radius 3 is 1.67 bits per heavy atom. The average molecular weight is 173 g/mol. The normalized spacial score (nSPS) is 8.42. The molecule has 0 heterocycles. The third-order valence-corrected chi connectivity index (χ3v) is 1.53. The van der Waals surface area contributed by atoms with Crippen LogP contribution < -0.4 is 0 Å². The van der Waals surface area contributed by atoms with Gasteiger partial charge in [-0.2, -0.15) is 5.26 Å². The van der Waals surface area contributed by atoms with Crippen LogP contribution in [0.25, 0.3) is 0 Å². The van der Waals surface area contributed by atoms with Crippen LogP contribution in [-0.4, -0.2) is 22.4 Å². The summed E-state index contributed by atoms with van der Waals surface area (Å²) in [6.07, 6.45) is 3.02. The first-order chi connectivity index (χ1) is 5.58. The van der Waals surface area contributed by atoms with E-state index >= 15 is 0 Å². The monoisotopic (exact) mass is 173 g/mol. The maximum atomic E-state index is 8.25. The van der Waals surface area contributed by atoms with Crippen molar-refractivity contribution < 1.29 is 15.1 Å². The second-order valence-corrected chi connectivity index (χ2v) is 2.39. The predicted octanol–water partition coefficient (Wildman–Crippen LogP) is 0.284. The van der Waals surface area contributed by atoms with Gasteiger partial charge in [0.15, 0.2) is 0 Å². The van der Waals surface area contributed by atoms with Crippen LogP contribution >= 0.6 is 0 Å². The number of nitriles is 1. The molecular formula is C7H16BNO3. The lowest BCUT2D eigenvalue weighted by atomic mass is 10.0. The van der Waals surface area contributed by atoms with Crippen molar-refractivity contribution >= 4 is 7.32 Å². The molecule has 0 unspecified atom stereocenters. The topological polar surface area (TPSA) is 84.5 Å². The van der Waals surface area contributed by atoms with E-state index in [2.05, 4.69) is 19.9 Å². The van der Waals surface area contributed by atoms with Crippen molar-refractivity contribution in [1.29, 1.82) is 5.26 Å². The van der Waals surface area contributed by atoms with Crippen LogP contribution in [-0.2, 0) is 0 Å². The Labute approximate surface area is 73.6 Å². The smallest absolute Gasteiger partial charge is 0.402 e. The minimum atomic E-state index is -2.17. The van der Waals surface area contributed by atoms with Crippen LogP contribution in [0.1, 0.15) is 33.1 Å². The second kappa shape index (κ2) is 10.4. The highest BCUT2D eigenvalue weighted by Crippen LogP contribution is 2.10. The van der Waals surface area contributed by atoms with Crippen molar-refractivity contribution in [2.75, 3.05) is 0 Å². The summed E-state index contributed by atoms with van der Waals surface area (Å²) in [4.78, 5) is 0. The molecule has 0 aliphatic carbocycles. The molecule has 5 heteroatoms. The molecule has 0 radical (unpaired) electrons. The van der Waals surface area contributed by atoms with Crippen molar-refractivity contribution in [3.05, 3.63) is 0 Å². The average Bonchev–Trinajstić information content (AvgIpc) is 1.99. The summed E-state index contributed by atoms with van der Waals surface area (Å²) in [6, 6.07) is 2.17. The van der Waals surface area contributed by atoms with Gasteiger partial charge in [0.25, 0.3) is 0 Å². The number of nitrogens with zero attached hydrogens (tertiary/aromatic N) is 1. The number of hydrogen-bond acceptors (Lipinski definition) is 4. The lowest BCUT2D eigenvalue weighted by Crippen LogP contribution is -2.07. The molecule has 0 rings (SSSR count). The first kappa shape index (κ1) is 14.0. The van der Waals surface area contributed by atoms with Gasteiger partial charge in [-0.05, 0) is 5.92 Å². The summed E-state index contributed by atoms with van der Waals surface area (Å²) >= 11 is 0. The SMILES string of the molecule is CCC(CC)CC#N.OB(O)O. The predicted molar refractivity (Wildman–Crippen MR) is 46.7 cm³/mol. The van der Waals surface area contributed by atoms with Gasteiger partial charge in [-0.25, -0.2) is 0 Å². The maximum Gasteiger partial charge on any atom is 0.631 e. The van der Waals surface area contributed by atoms with E-state index in [9.17, 15) is 0 Å². The van der Waals surface area contributed by atoms with Crippen molar-refractivity contribution in [3.63, 3.8) is 0 Å². The highest BCUT2D eigenvalue weighted by Gasteiger charge is 1.99. The standard InChI is InChI=1S/C7H13N.BH3O3/c1-3-7(4-2)5-6-8;2-1(3)4/h7H,3-5H2,1-2H3;2-4H. The Morgan fingerprint density at radius 1 is 1.25 bits per heavy atom. The Morgan fingerprint density at radius 2 is 1.58 bits per heavy atom. The summed E-state index contributed by atoms with van der Waals surface area (Å²) in [5.41, 5.74) is 0. The quantitative estimate of drug-likeness (QED) is 0.535. The minimum Gasteiger partial charge on any atom is -0.402 e. The number of hydrogen-bond donors (Lipinski definition) is 3. The third kappa shape index (κ3) is 16.2. The molecule has 0 aliphatic heterocycles. The minimum absolute atomic E-state index is 0.639. The van der Waals surface area contributed by atoms with Gasteiger partial charge >= 0.3 is 7.32 Å². The van der Waals surface area contributed by atoms with E-state index < -0.39 is 7.32 Å². The molecule has 0 bridgehead atoms. The molecule has 0 aliphatic rings. The van der Waals surface area contributed by atoms with Crippen molar-refractivity contribution in [2.24, 2.45) is 5.92 Å². The molecule has 70 valence electrons. The van der Waals surface area contributed by atoms with Crippen LogP contribution in [0, 0.1) is 17.2 Å². The molecule has 3 N–H and O–H groups in total. The molecule has 0 aromatic rings. The Balaban J connectivity index is 0. The lowest BCUT2D eigenvalue weighted by Gasteiger charge is -2.03. The molecule has 0 aromatic carbocycles. The van der Waals surface area contributed by atoms with Gasteiger partial charge in [0.05, 0.1) is 6.07 Å². The molecule has 4 nitrogen and oxygen atoms in total. The van der Waals surface area contributed by atoms with Crippen molar-refractivity contribution in [2.45, 2.75) is 33.1 Å². The fraction of sp³-hybridized carbons (Fsp3) is 0.857. The van der Waals surface area contributed by atoms with Gasteiger partial charge in [-0.15, -0.1) is 0 Å². The molecule has 12 heavy (non-hydrogen) atoms. The summed E-state index contributed by atoms with van der Waals surface area (Å²) in [5, 5.41) is 29.7. The summed E-state index contributed by atoms with van der Waals surface area (Å²) in [7, 11) is -2.17. The van der Waals surface area contributed by atoms with E-state index in [1.807, 2.05) is 0 Å². The summed E-state index contributed by atoms with van der Waals surface area (Å²) in [5.74, 6) is 0.639. The molecule has 0 spiro atoms. The van der Waals surface area contributed by atoms with E-state index in [4.69, 9.17) is 20.3 Å². The molecule has 0 aromatic heterocycles. The second-order valence-electron chi connectivity index (χ2n) is 2.39. The van der Waals surface area contributed by atoms with E-state index in [1.165, 1.54) is 0 Å². The first-order valence-corrected chi connectivity index (χ1v) is 3.99. The van der Waals surface area contributed by atoms with Gasteiger partial charge in [0.2, 0.25) is 0 Å². The van der Waals surface area contributed by atoms with E-state index in [-0.39, 0.29) is 0 Å². The summed E-state index contributed by atoms with van der Waals surface area (Å²) < 4.78 is 0. The Bertz CT molecular complexity index is 118. The maximum absolute atomic E-state index is 8.25. The fourth-order valence-electron chi connectivity index (χ4n) is 0.706. The largest absolute Gasteiger partial charge is 0.631 e. The van der Waals surface area contributed by atoms with Gasteiger partial charge < -0.3 is 15.1 Å². The highest BCUT2D eigenvalue weighted by molar-refractivity contribution is 6.30. The van der Waals surface area contributed by atoms with Crippen LogP contribution in [0.4, 0.5) is 0 Å². The van der Waals surface area contributed by atoms with Crippen LogP contribution in [0.3, 0.4) is 0 Å².